The van der Waals surface area contributed by atoms with Crippen molar-refractivity contribution >= 4 is 78.5 Å². The minimum atomic E-state index is -0.0953. The summed E-state index contributed by atoms with van der Waals surface area (Å²) in [6.45, 7) is 14.7. The third kappa shape index (κ3) is 3.56. The molecule has 12 rings (SSSR count). The highest BCUT2D eigenvalue weighted by atomic mass is 16.5. The minimum Gasteiger partial charge on any atom is -0.497 e. The standard InChI is InChI=1S/C50H40B2O2/c1-49(2,3)37-21-29-33-19-25(53-7)17-31-27-13-10-12-16-40(27)52(47(31)33)42-24-36-38(50(4,5)6)22-30-34-20-26(54-8)18-32-28-14-9-11-15-39(28)51(48(32)34)41-23-35(37)45(43(29)42)46(36)44(30)41/h9-24H,1-8H3. The molecule has 0 saturated heterocycles. The lowest BCUT2D eigenvalue weighted by molar-refractivity contribution is 0.415. The van der Waals surface area contributed by atoms with E-state index in [4.69, 9.17) is 9.47 Å². The fourth-order valence-electron chi connectivity index (χ4n) is 11.3. The van der Waals surface area contributed by atoms with E-state index < -0.39 is 0 Å². The van der Waals surface area contributed by atoms with Crippen molar-refractivity contribution in [3.8, 4) is 56.0 Å². The fourth-order valence-corrected chi connectivity index (χ4v) is 11.3. The van der Waals surface area contributed by atoms with E-state index in [1.807, 2.05) is 0 Å². The Morgan fingerprint density at radius 1 is 0.389 bits per heavy atom. The van der Waals surface area contributed by atoms with Crippen LogP contribution >= 0.6 is 0 Å². The Kier molecular flexibility index (Phi) is 5.61. The molecule has 0 atom stereocenters. The molecule has 8 aromatic rings. The van der Waals surface area contributed by atoms with Gasteiger partial charge in [-0.1, -0.05) is 135 Å². The van der Waals surface area contributed by atoms with Gasteiger partial charge < -0.3 is 9.47 Å². The largest absolute Gasteiger partial charge is 0.497 e. The first-order chi connectivity index (χ1) is 26.0. The monoisotopic (exact) mass is 694 g/mol. The summed E-state index contributed by atoms with van der Waals surface area (Å²) in [7, 11) is 3.61. The maximum absolute atomic E-state index is 6.06. The summed E-state index contributed by atoms with van der Waals surface area (Å²) < 4.78 is 12.1. The van der Waals surface area contributed by atoms with Crippen LogP contribution in [0.1, 0.15) is 52.7 Å². The van der Waals surface area contributed by atoms with Crippen molar-refractivity contribution in [2.24, 2.45) is 0 Å². The van der Waals surface area contributed by atoms with E-state index in [1.165, 1.54) is 121 Å². The van der Waals surface area contributed by atoms with Gasteiger partial charge in [-0.15, -0.1) is 0 Å². The molecule has 0 radical (unpaired) electrons. The molecule has 258 valence electrons. The van der Waals surface area contributed by atoms with Gasteiger partial charge >= 0.3 is 0 Å². The molecule has 0 aliphatic carbocycles. The normalized spacial score (nSPS) is 14.2. The van der Waals surface area contributed by atoms with Gasteiger partial charge in [0, 0.05) is 0 Å². The van der Waals surface area contributed by atoms with E-state index >= 15 is 0 Å². The van der Waals surface area contributed by atoms with E-state index in [1.54, 1.807) is 14.2 Å². The predicted molar refractivity (Wildman–Crippen MR) is 232 cm³/mol. The molecule has 4 heteroatoms. The second kappa shape index (κ2) is 9.79. The van der Waals surface area contributed by atoms with Crippen LogP contribution in [-0.2, 0) is 10.8 Å². The van der Waals surface area contributed by atoms with E-state index in [9.17, 15) is 0 Å². The van der Waals surface area contributed by atoms with E-state index in [0.717, 1.165) is 11.5 Å². The molecule has 0 amide bonds. The molecule has 4 heterocycles. The lowest BCUT2D eigenvalue weighted by Crippen LogP contribution is -2.53. The van der Waals surface area contributed by atoms with Crippen LogP contribution in [-0.4, -0.2) is 27.6 Å². The van der Waals surface area contributed by atoms with Crippen LogP contribution in [0.3, 0.4) is 0 Å². The van der Waals surface area contributed by atoms with Gasteiger partial charge in [0.2, 0.25) is 13.4 Å². The van der Waals surface area contributed by atoms with Gasteiger partial charge in [-0.3, -0.25) is 0 Å². The van der Waals surface area contributed by atoms with Gasteiger partial charge in [0.25, 0.3) is 0 Å². The lowest BCUT2D eigenvalue weighted by Gasteiger charge is -2.35. The Morgan fingerprint density at radius 3 is 1.13 bits per heavy atom. The van der Waals surface area contributed by atoms with Gasteiger partial charge in [-0.05, 0) is 135 Å². The van der Waals surface area contributed by atoms with Crippen molar-refractivity contribution in [2.45, 2.75) is 52.4 Å². The average Bonchev–Trinajstić information content (AvgIpc) is 3.67. The first-order valence-corrected chi connectivity index (χ1v) is 19.5. The Labute approximate surface area is 317 Å². The van der Waals surface area contributed by atoms with Gasteiger partial charge in [-0.2, -0.15) is 0 Å². The molecule has 0 aromatic heterocycles. The summed E-state index contributed by atoms with van der Waals surface area (Å²) in [5, 5.41) is 8.46. The molecule has 0 saturated carbocycles. The van der Waals surface area contributed by atoms with Gasteiger partial charge in [0.1, 0.15) is 11.5 Å². The number of fused-ring (bicyclic) bond motifs is 10. The quantitative estimate of drug-likeness (QED) is 0.134. The van der Waals surface area contributed by atoms with Crippen LogP contribution in [0.2, 0.25) is 0 Å². The number of benzene rings is 8. The molecule has 0 bridgehead atoms. The third-order valence-corrected chi connectivity index (χ3v) is 13.5. The fraction of sp³-hybridized carbons (Fsp3) is 0.200. The summed E-state index contributed by atoms with van der Waals surface area (Å²) in [4.78, 5) is 0. The van der Waals surface area contributed by atoms with E-state index in [2.05, 4.69) is 139 Å². The van der Waals surface area contributed by atoms with Crippen molar-refractivity contribution < 1.29 is 9.47 Å². The second-order valence-electron chi connectivity index (χ2n) is 18.3. The molecule has 2 nitrogen and oxygen atoms in total. The molecule has 0 spiro atoms. The summed E-state index contributed by atoms with van der Waals surface area (Å²) in [6.07, 6.45) is 0. The Balaban J connectivity index is 1.36. The van der Waals surface area contributed by atoms with Gasteiger partial charge in [0.05, 0.1) is 14.2 Å². The molecule has 8 aromatic carbocycles. The molecular weight excluding hydrogens is 654 g/mol. The molecule has 0 unspecified atom stereocenters. The van der Waals surface area contributed by atoms with Crippen LogP contribution in [0, 0.1) is 0 Å². The summed E-state index contributed by atoms with van der Waals surface area (Å²) in [5.41, 5.74) is 21.7. The third-order valence-electron chi connectivity index (χ3n) is 13.5. The molecular formula is C50H40B2O2. The number of hydrogen-bond acceptors (Lipinski definition) is 2. The first kappa shape index (κ1) is 30.9. The van der Waals surface area contributed by atoms with E-state index in [-0.39, 0.29) is 24.3 Å². The van der Waals surface area contributed by atoms with Crippen LogP contribution in [0.5, 0.6) is 11.5 Å². The van der Waals surface area contributed by atoms with Crippen LogP contribution < -0.4 is 42.3 Å². The highest BCUT2D eigenvalue weighted by Gasteiger charge is 2.45. The molecule has 0 fully saturated rings. The smallest absolute Gasteiger partial charge is 0.244 e. The van der Waals surface area contributed by atoms with Crippen molar-refractivity contribution in [3.63, 3.8) is 0 Å². The number of hydrogen-bond donors (Lipinski definition) is 0. The summed E-state index contributed by atoms with van der Waals surface area (Å²) in [5.74, 6) is 1.84. The minimum absolute atomic E-state index is 0.0953. The zero-order valence-corrected chi connectivity index (χ0v) is 32.2. The van der Waals surface area contributed by atoms with Gasteiger partial charge in [-0.25, -0.2) is 0 Å². The SMILES string of the molecule is COc1cc2c3c(c1)-c1cc(C(C)(C)C)c4cc5c6c(cc(C(C)(C)C)c7cc(c1c4c76)B3c1ccccc1-2)-c1cc(OC)cc2c1B5c1ccccc1-2. The summed E-state index contributed by atoms with van der Waals surface area (Å²) >= 11 is 0. The molecule has 4 aliphatic rings. The van der Waals surface area contributed by atoms with Crippen molar-refractivity contribution in [1.82, 2.24) is 0 Å². The second-order valence-corrected chi connectivity index (χ2v) is 18.3. The van der Waals surface area contributed by atoms with Crippen LogP contribution in [0.25, 0.3) is 76.8 Å². The van der Waals surface area contributed by atoms with Crippen molar-refractivity contribution in [3.05, 3.63) is 108 Å². The van der Waals surface area contributed by atoms with E-state index in [0.29, 0.717) is 0 Å². The summed E-state index contributed by atoms with van der Waals surface area (Å²) in [6, 6.07) is 37.7. The maximum atomic E-state index is 6.06. The highest BCUT2D eigenvalue weighted by Crippen LogP contribution is 2.51. The molecule has 0 N–H and O–H groups in total. The highest BCUT2D eigenvalue weighted by molar-refractivity contribution is 7.03. The average molecular weight is 694 g/mol. The maximum Gasteiger partial charge on any atom is 0.244 e. The Morgan fingerprint density at radius 2 is 0.759 bits per heavy atom. The predicted octanol–water partition coefficient (Wildman–Crippen LogP) is 8.15. The lowest BCUT2D eigenvalue weighted by atomic mass is 9.34. The number of methoxy groups -OCH3 is 2. The Hall–Kier alpha value is -5.47. The zero-order chi connectivity index (χ0) is 36.7. The van der Waals surface area contributed by atoms with Crippen molar-refractivity contribution in [1.29, 1.82) is 0 Å². The van der Waals surface area contributed by atoms with Crippen LogP contribution in [0.4, 0.5) is 0 Å². The topological polar surface area (TPSA) is 18.5 Å². The number of ether oxygens (including phenoxy) is 2. The zero-order valence-electron chi connectivity index (χ0n) is 32.2. The molecule has 4 aliphatic heterocycles. The first-order valence-electron chi connectivity index (χ1n) is 19.5. The van der Waals surface area contributed by atoms with Gasteiger partial charge in [0.15, 0.2) is 0 Å². The molecule has 54 heavy (non-hydrogen) atoms. The number of rotatable bonds is 2. The van der Waals surface area contributed by atoms with Crippen molar-refractivity contribution in [2.75, 3.05) is 14.2 Å². The Bertz CT molecular complexity index is 2840. The van der Waals surface area contributed by atoms with Crippen LogP contribution in [0.15, 0.2) is 97.1 Å².